The molecule has 0 aliphatic carbocycles. The van der Waals surface area contributed by atoms with Gasteiger partial charge in [0.2, 0.25) is 0 Å². The van der Waals surface area contributed by atoms with E-state index in [1.807, 2.05) is 20.1 Å². The summed E-state index contributed by atoms with van der Waals surface area (Å²) in [4.78, 5) is 0. The second kappa shape index (κ2) is 14.9. The third-order valence-electron chi connectivity index (χ3n) is 5.56. The van der Waals surface area contributed by atoms with Gasteiger partial charge in [0.25, 0.3) is 0 Å². The molecule has 0 bridgehead atoms. The lowest BCUT2D eigenvalue weighted by Gasteiger charge is -2.40. The first-order valence-corrected chi connectivity index (χ1v) is 14.5. The van der Waals surface area contributed by atoms with E-state index < -0.39 is 6.10 Å². The molecule has 4 N–H and O–H groups in total. The van der Waals surface area contributed by atoms with Crippen molar-refractivity contribution in [1.82, 2.24) is 0 Å². The third-order valence-corrected chi connectivity index (χ3v) is 9.14. The number of ether oxygens (including phenoxy) is 3. The lowest BCUT2D eigenvalue weighted by Crippen LogP contribution is -2.41. The van der Waals surface area contributed by atoms with E-state index in [-0.39, 0.29) is 59.7 Å². The lowest BCUT2D eigenvalue weighted by molar-refractivity contribution is -0.0792. The molecule has 0 spiro atoms. The average molecular weight is 501 g/mol. The molecule has 3 aliphatic heterocycles. The molecule has 0 amide bonds. The molecule has 3 rings (SSSR count). The first-order valence-electron chi connectivity index (χ1n) is 11.3. The SMILES string of the molecule is CC.CSC1CC(SC2CC(SC3CC(O)CC(CO)O3)CC(CO)O2)CC(CO)O1. The molecular weight excluding hydrogens is 460 g/mol. The maximum absolute atomic E-state index is 10.1. The zero-order chi connectivity index (χ0) is 22.8. The highest BCUT2D eigenvalue weighted by molar-refractivity contribution is 8.01. The van der Waals surface area contributed by atoms with Crippen molar-refractivity contribution in [3.05, 3.63) is 0 Å². The Kier molecular flexibility index (Phi) is 13.5. The van der Waals surface area contributed by atoms with Gasteiger partial charge in [-0.25, -0.2) is 0 Å². The Morgan fingerprint density at radius 3 is 1.55 bits per heavy atom. The van der Waals surface area contributed by atoms with Gasteiger partial charge in [-0.1, -0.05) is 13.8 Å². The van der Waals surface area contributed by atoms with Gasteiger partial charge < -0.3 is 34.6 Å². The Morgan fingerprint density at radius 2 is 1.06 bits per heavy atom. The molecule has 0 aromatic rings. The Hall–Kier alpha value is 0.770. The summed E-state index contributed by atoms with van der Waals surface area (Å²) in [5, 5.41) is 39.3. The standard InChI is InChI=1S/C19H34O7S3.C2H6/c1-27-17-6-15(4-13(9-21)24-17)29-19-7-16(5-14(10-22)26-19)28-18-3-11(23)2-12(8-20)25-18;1-2/h11-23H,2-10H2,1H3;1-2H3. The highest BCUT2D eigenvalue weighted by Crippen LogP contribution is 2.42. The van der Waals surface area contributed by atoms with E-state index in [0.717, 1.165) is 25.7 Å². The van der Waals surface area contributed by atoms with Crippen LogP contribution >= 0.6 is 35.3 Å². The summed E-state index contributed by atoms with van der Waals surface area (Å²) in [6.07, 6.45) is 5.29. The lowest BCUT2D eigenvalue weighted by atomic mass is 10.1. The maximum atomic E-state index is 10.1. The first kappa shape index (κ1) is 28.0. The fourth-order valence-corrected chi connectivity index (χ4v) is 8.28. The van der Waals surface area contributed by atoms with Gasteiger partial charge in [-0.2, -0.15) is 0 Å². The highest BCUT2D eigenvalue weighted by Gasteiger charge is 2.37. The van der Waals surface area contributed by atoms with Gasteiger partial charge in [0, 0.05) is 23.3 Å². The van der Waals surface area contributed by atoms with E-state index in [4.69, 9.17) is 14.2 Å². The monoisotopic (exact) mass is 500 g/mol. The fourth-order valence-electron chi connectivity index (χ4n) is 4.14. The topological polar surface area (TPSA) is 109 Å². The van der Waals surface area contributed by atoms with E-state index in [2.05, 4.69) is 0 Å². The van der Waals surface area contributed by atoms with Gasteiger partial charge >= 0.3 is 0 Å². The van der Waals surface area contributed by atoms with Gasteiger partial charge in [0.05, 0.1) is 44.2 Å². The van der Waals surface area contributed by atoms with Crippen LogP contribution < -0.4 is 0 Å². The van der Waals surface area contributed by atoms with Gasteiger partial charge in [0.1, 0.15) is 16.3 Å². The number of thioether (sulfide) groups is 3. The molecule has 9 unspecified atom stereocenters. The first-order chi connectivity index (χ1) is 15.0. The van der Waals surface area contributed by atoms with E-state index in [1.165, 1.54) is 0 Å². The molecular formula is C21H40O7S3. The van der Waals surface area contributed by atoms with Gasteiger partial charge in [-0.15, -0.1) is 35.3 Å². The molecule has 3 fully saturated rings. The van der Waals surface area contributed by atoms with Crippen LogP contribution in [-0.2, 0) is 14.2 Å². The fraction of sp³-hybridized carbons (Fsp3) is 1.00. The van der Waals surface area contributed by atoms with Crippen molar-refractivity contribution >= 4 is 35.3 Å². The van der Waals surface area contributed by atoms with Crippen LogP contribution in [0.25, 0.3) is 0 Å². The van der Waals surface area contributed by atoms with Crippen LogP contribution in [0.3, 0.4) is 0 Å². The molecule has 184 valence electrons. The molecule has 9 atom stereocenters. The molecule has 7 nitrogen and oxygen atoms in total. The van der Waals surface area contributed by atoms with Crippen LogP contribution in [0.5, 0.6) is 0 Å². The van der Waals surface area contributed by atoms with E-state index in [0.29, 0.717) is 18.1 Å². The molecule has 3 aliphatic rings. The van der Waals surface area contributed by atoms with Crippen LogP contribution in [0.1, 0.15) is 52.4 Å². The molecule has 0 aromatic carbocycles. The maximum Gasteiger partial charge on any atom is 0.106 e. The highest BCUT2D eigenvalue weighted by atomic mass is 32.2. The Morgan fingerprint density at radius 1 is 0.645 bits per heavy atom. The number of aliphatic hydroxyl groups excluding tert-OH is 4. The zero-order valence-electron chi connectivity index (χ0n) is 18.8. The molecule has 0 aromatic heterocycles. The minimum atomic E-state index is -0.446. The van der Waals surface area contributed by atoms with Crippen LogP contribution in [0, 0.1) is 0 Å². The number of hydrogen-bond acceptors (Lipinski definition) is 10. The van der Waals surface area contributed by atoms with E-state index in [9.17, 15) is 20.4 Å². The minimum absolute atomic E-state index is 0.0119. The number of aliphatic hydroxyl groups is 4. The number of hydrogen-bond donors (Lipinski definition) is 4. The van der Waals surface area contributed by atoms with Crippen molar-refractivity contribution < 1.29 is 34.6 Å². The van der Waals surface area contributed by atoms with Crippen LogP contribution in [0.2, 0.25) is 0 Å². The predicted molar refractivity (Wildman–Crippen MR) is 129 cm³/mol. The molecule has 10 heteroatoms. The Bertz CT molecular complexity index is 478. The van der Waals surface area contributed by atoms with Crippen LogP contribution in [-0.4, -0.2) is 97.7 Å². The Labute approximate surface area is 199 Å². The molecule has 0 radical (unpaired) electrons. The summed E-state index contributed by atoms with van der Waals surface area (Å²) in [5.74, 6) is 0. The zero-order valence-corrected chi connectivity index (χ0v) is 21.2. The van der Waals surface area contributed by atoms with Crippen LogP contribution in [0.15, 0.2) is 0 Å². The normalized spacial score (nSPS) is 41.3. The second-order valence-electron chi connectivity index (χ2n) is 7.93. The van der Waals surface area contributed by atoms with Gasteiger partial charge in [0.15, 0.2) is 0 Å². The smallest absolute Gasteiger partial charge is 0.106 e. The van der Waals surface area contributed by atoms with Crippen molar-refractivity contribution in [3.8, 4) is 0 Å². The summed E-state index contributed by atoms with van der Waals surface area (Å²) in [5.41, 5.74) is -0.0782. The molecule has 3 heterocycles. The van der Waals surface area contributed by atoms with E-state index in [1.54, 1.807) is 35.3 Å². The minimum Gasteiger partial charge on any atom is -0.394 e. The van der Waals surface area contributed by atoms with Crippen molar-refractivity contribution in [3.63, 3.8) is 0 Å². The Balaban J connectivity index is 0.00000166. The van der Waals surface area contributed by atoms with E-state index >= 15 is 0 Å². The van der Waals surface area contributed by atoms with Crippen molar-refractivity contribution in [2.75, 3.05) is 26.1 Å². The van der Waals surface area contributed by atoms with Crippen molar-refractivity contribution in [1.29, 1.82) is 0 Å². The number of rotatable bonds is 8. The summed E-state index contributed by atoms with van der Waals surface area (Å²) < 4.78 is 17.9. The second-order valence-corrected chi connectivity index (χ2v) is 11.9. The largest absolute Gasteiger partial charge is 0.394 e. The summed E-state index contributed by atoms with van der Waals surface area (Å²) in [7, 11) is 0. The third kappa shape index (κ3) is 9.15. The summed E-state index contributed by atoms with van der Waals surface area (Å²) in [6, 6.07) is 0. The molecule has 31 heavy (non-hydrogen) atoms. The van der Waals surface area contributed by atoms with Crippen LogP contribution in [0.4, 0.5) is 0 Å². The van der Waals surface area contributed by atoms with Gasteiger partial charge in [-0.3, -0.25) is 0 Å². The molecule has 0 saturated carbocycles. The van der Waals surface area contributed by atoms with Gasteiger partial charge in [-0.05, 0) is 31.9 Å². The average Bonchev–Trinajstić information content (AvgIpc) is 2.79. The molecule has 3 saturated heterocycles. The predicted octanol–water partition coefficient (Wildman–Crippen LogP) is 2.43. The van der Waals surface area contributed by atoms with Crippen molar-refractivity contribution in [2.24, 2.45) is 0 Å². The van der Waals surface area contributed by atoms with Crippen molar-refractivity contribution in [2.45, 2.75) is 104 Å². The quantitative estimate of drug-likeness (QED) is 0.397. The summed E-state index contributed by atoms with van der Waals surface area (Å²) in [6.45, 7) is 3.94. The summed E-state index contributed by atoms with van der Waals surface area (Å²) >= 11 is 5.15.